The molecule has 0 aromatic rings. The molecule has 0 unspecified atom stereocenters. The van der Waals surface area contributed by atoms with Gasteiger partial charge in [-0.3, -0.25) is 4.52 Å². The Morgan fingerprint density at radius 3 is 2.22 bits per heavy atom. The predicted octanol–water partition coefficient (Wildman–Crippen LogP) is -2.38. The maximum atomic E-state index is 9.86. The van der Waals surface area contributed by atoms with E-state index in [9.17, 15) is 4.57 Å². The predicted molar refractivity (Wildman–Crippen MR) is 29.4 cm³/mol. The molecule has 9 heavy (non-hydrogen) atoms. The fraction of sp³-hybridized carbons (Fsp3) is 1.00. The van der Waals surface area contributed by atoms with E-state index >= 15 is 0 Å². The first-order valence-corrected chi connectivity index (χ1v) is 3.79. The molecule has 0 amide bonds. The Bertz CT molecular complexity index is 105. The van der Waals surface area contributed by atoms with Crippen LogP contribution in [0.25, 0.3) is 0 Å². The molecule has 0 aromatic heterocycles. The molecule has 4 nitrogen and oxygen atoms in total. The Morgan fingerprint density at radius 2 is 2.11 bits per heavy atom. The fourth-order valence-corrected chi connectivity index (χ4v) is 0.631. The van der Waals surface area contributed by atoms with Crippen LogP contribution in [0.5, 0.6) is 0 Å². The fourth-order valence-electron chi connectivity index (χ4n) is 0.210. The molecule has 0 bridgehead atoms. The first-order valence-electron chi connectivity index (χ1n) is 2.26. The first-order chi connectivity index (χ1) is 3.56. The maximum absolute atomic E-state index is 9.86. The van der Waals surface area contributed by atoms with Gasteiger partial charge in [0, 0.05) is 0 Å². The van der Waals surface area contributed by atoms with Gasteiger partial charge in [0.1, 0.15) is 0 Å². The molecule has 0 heterocycles. The number of phosphoric ester groups is 1. The van der Waals surface area contributed by atoms with Gasteiger partial charge in [-0.25, -0.2) is 4.57 Å². The molecule has 0 aliphatic rings. The first kappa shape index (κ1) is 12.8. The summed E-state index contributed by atoms with van der Waals surface area (Å²) in [5.74, 6) is 0. The summed E-state index contributed by atoms with van der Waals surface area (Å²) in [6, 6.07) is 0. The van der Waals surface area contributed by atoms with Crippen molar-refractivity contribution in [3.05, 3.63) is 0 Å². The smallest absolute Gasteiger partial charge is 1.00 e. The molecule has 0 saturated carbocycles. The van der Waals surface area contributed by atoms with Crippen LogP contribution >= 0.6 is 7.82 Å². The van der Waals surface area contributed by atoms with Crippen LogP contribution in [0, 0.1) is 0 Å². The average Bonchev–Trinajstić information content (AvgIpc) is 1.59. The van der Waals surface area contributed by atoms with Gasteiger partial charge in [0.25, 0.3) is 0 Å². The Labute approximate surface area is 77.6 Å². The third-order valence-corrected chi connectivity index (χ3v) is 0.983. The van der Waals surface area contributed by atoms with E-state index in [1.54, 1.807) is 6.92 Å². The van der Waals surface area contributed by atoms with Crippen molar-refractivity contribution in [1.29, 1.82) is 0 Å². The minimum absolute atomic E-state index is 0. The van der Waals surface area contributed by atoms with E-state index in [0.717, 1.165) is 0 Å². The summed E-state index contributed by atoms with van der Waals surface area (Å²) in [7, 11) is -4.18. The van der Waals surface area contributed by atoms with E-state index < -0.39 is 7.82 Å². The molecule has 0 aliphatic carbocycles. The second kappa shape index (κ2) is 5.86. The molecule has 0 atom stereocenters. The van der Waals surface area contributed by atoms with Crippen LogP contribution in [0.2, 0.25) is 0 Å². The number of phosphoric acid groups is 1. The van der Waals surface area contributed by atoms with Gasteiger partial charge in [-0.2, -0.15) is 0 Å². The summed E-state index contributed by atoms with van der Waals surface area (Å²) in [5.41, 5.74) is 0. The van der Waals surface area contributed by atoms with Crippen molar-refractivity contribution in [2.24, 2.45) is 0 Å². The van der Waals surface area contributed by atoms with E-state index in [0.29, 0.717) is 6.42 Å². The number of hydrogen-bond donors (Lipinski definition) is 2. The minimum Gasteiger partial charge on any atom is -1.00 e. The van der Waals surface area contributed by atoms with Crippen LogP contribution in [0.1, 0.15) is 14.8 Å². The van der Waals surface area contributed by atoms with Gasteiger partial charge in [-0.1, -0.05) is 6.92 Å². The summed E-state index contributed by atoms with van der Waals surface area (Å²) in [6.07, 6.45) is 0.616. The molecule has 0 radical (unpaired) electrons. The van der Waals surface area contributed by atoms with E-state index in [4.69, 9.17) is 9.79 Å². The standard InChI is InChI=1S/C3H9O4P.Na.H/c1-2-3-7-8(4,5)6;;/h2-3H2,1H3,(H2,4,5,6);;/q;+1;-1. The molecule has 0 fully saturated rings. The third kappa shape index (κ3) is 12.3. The molecule has 2 N–H and O–H groups in total. The van der Waals surface area contributed by atoms with Gasteiger partial charge in [0.05, 0.1) is 6.61 Å². The van der Waals surface area contributed by atoms with Crippen LogP contribution in [0.15, 0.2) is 0 Å². The topological polar surface area (TPSA) is 66.8 Å². The second-order valence-electron chi connectivity index (χ2n) is 1.32. The third-order valence-electron chi connectivity index (χ3n) is 0.464. The monoisotopic (exact) mass is 164 g/mol. The molecular formula is C3H10NaO4P. The summed E-state index contributed by atoms with van der Waals surface area (Å²) in [4.78, 5) is 16.1. The second-order valence-corrected chi connectivity index (χ2v) is 2.56. The van der Waals surface area contributed by atoms with Gasteiger partial charge in [-0.05, 0) is 6.42 Å². The summed E-state index contributed by atoms with van der Waals surface area (Å²) < 4.78 is 13.9. The SMILES string of the molecule is CCCOP(=O)(O)O.[H-].[Na+]. The molecule has 0 aromatic carbocycles. The minimum atomic E-state index is -4.18. The molecular weight excluding hydrogens is 154 g/mol. The van der Waals surface area contributed by atoms with E-state index in [1.165, 1.54) is 0 Å². The Morgan fingerprint density at radius 1 is 1.67 bits per heavy atom. The van der Waals surface area contributed by atoms with Crippen LogP contribution in [0.3, 0.4) is 0 Å². The quantitative estimate of drug-likeness (QED) is 0.361. The zero-order chi connectivity index (χ0) is 6.62. The molecule has 0 saturated heterocycles. The normalized spacial score (nSPS) is 10.6. The zero-order valence-corrected chi connectivity index (χ0v) is 8.47. The number of hydrogen-bond acceptors (Lipinski definition) is 2. The van der Waals surface area contributed by atoms with Crippen LogP contribution in [-0.2, 0) is 9.09 Å². The van der Waals surface area contributed by atoms with Crippen molar-refractivity contribution in [3.63, 3.8) is 0 Å². The Kier molecular flexibility index (Phi) is 8.31. The zero-order valence-electron chi connectivity index (χ0n) is 6.57. The van der Waals surface area contributed by atoms with Crippen molar-refractivity contribution in [3.8, 4) is 0 Å². The average molecular weight is 164 g/mol. The van der Waals surface area contributed by atoms with Crippen LogP contribution < -0.4 is 29.6 Å². The van der Waals surface area contributed by atoms with Gasteiger partial charge in [0.15, 0.2) is 0 Å². The van der Waals surface area contributed by atoms with Gasteiger partial charge < -0.3 is 11.2 Å². The van der Waals surface area contributed by atoms with E-state index in [1.807, 2.05) is 0 Å². The number of rotatable bonds is 3. The Hall–Kier alpha value is 1.11. The molecule has 0 aliphatic heterocycles. The maximum Gasteiger partial charge on any atom is 1.00 e. The van der Waals surface area contributed by atoms with Crippen molar-refractivity contribution in [1.82, 2.24) is 0 Å². The summed E-state index contributed by atoms with van der Waals surface area (Å²) >= 11 is 0. The van der Waals surface area contributed by atoms with Crippen molar-refractivity contribution in [2.45, 2.75) is 13.3 Å². The largest absolute Gasteiger partial charge is 1.00 e. The van der Waals surface area contributed by atoms with Crippen LogP contribution in [0.4, 0.5) is 0 Å². The summed E-state index contributed by atoms with van der Waals surface area (Å²) in [6.45, 7) is 1.89. The van der Waals surface area contributed by atoms with Crippen molar-refractivity contribution >= 4 is 7.82 Å². The van der Waals surface area contributed by atoms with Gasteiger partial charge in [-0.15, -0.1) is 0 Å². The van der Waals surface area contributed by atoms with E-state index in [2.05, 4.69) is 4.52 Å². The summed E-state index contributed by atoms with van der Waals surface area (Å²) in [5, 5.41) is 0. The molecule has 0 rings (SSSR count). The van der Waals surface area contributed by atoms with Crippen molar-refractivity contribution < 1.29 is 49.9 Å². The molecule has 0 spiro atoms. The van der Waals surface area contributed by atoms with Crippen molar-refractivity contribution in [2.75, 3.05) is 6.61 Å². The molecule has 6 heteroatoms. The van der Waals surface area contributed by atoms with E-state index in [-0.39, 0.29) is 37.6 Å². The van der Waals surface area contributed by atoms with Gasteiger partial charge in [0.2, 0.25) is 0 Å². The molecule has 52 valence electrons. The van der Waals surface area contributed by atoms with Gasteiger partial charge >= 0.3 is 37.4 Å². The van der Waals surface area contributed by atoms with Crippen LogP contribution in [-0.4, -0.2) is 16.4 Å². The Balaban J connectivity index is -0.000000245.